The molecule has 2 atom stereocenters. The van der Waals surface area contributed by atoms with Gasteiger partial charge in [-0.3, -0.25) is 14.4 Å². The smallest absolute Gasteiger partial charge is 0.400 e. The summed E-state index contributed by atoms with van der Waals surface area (Å²) in [7, 11) is -2.03. The second kappa shape index (κ2) is 22.9. The number of Topliss-reactive ketones (excluding diaryl/α,β-unsaturated/α-hetero) is 1. The number of alkyl halides is 3. The molecule has 46 heavy (non-hydrogen) atoms. The van der Waals surface area contributed by atoms with E-state index >= 15 is 0 Å². The van der Waals surface area contributed by atoms with Gasteiger partial charge < -0.3 is 24.1 Å². The van der Waals surface area contributed by atoms with Gasteiger partial charge in [0.2, 0.25) is 11.6 Å². The maximum atomic E-state index is 12.7. The van der Waals surface area contributed by atoms with Crippen molar-refractivity contribution in [2.75, 3.05) is 28.1 Å². The van der Waals surface area contributed by atoms with Crippen LogP contribution in [0.4, 0.5) is 13.2 Å². The third kappa shape index (κ3) is 16.2. The summed E-state index contributed by atoms with van der Waals surface area (Å²) in [4.78, 5) is 46.5. The van der Waals surface area contributed by atoms with Gasteiger partial charge in [-0.05, 0) is 57.0 Å². The first-order valence-electron chi connectivity index (χ1n) is 14.1. The molecule has 12 nitrogen and oxygen atoms in total. The molecular formula is C30H45F3N2O10S. The summed E-state index contributed by atoms with van der Waals surface area (Å²) in [6.07, 6.45) is 11.2. The number of aliphatic hydroxyl groups is 1. The van der Waals surface area contributed by atoms with Gasteiger partial charge in [0, 0.05) is 38.6 Å². The molecule has 0 aromatic rings. The fourth-order valence-electron chi connectivity index (χ4n) is 3.79. The van der Waals surface area contributed by atoms with Crippen LogP contribution in [0.25, 0.3) is 0 Å². The van der Waals surface area contributed by atoms with Crippen LogP contribution in [0, 0.1) is 10.8 Å². The summed E-state index contributed by atoms with van der Waals surface area (Å²) in [6, 6.07) is 0. The fraction of sp³-hybridized carbons (Fsp3) is 0.567. The summed E-state index contributed by atoms with van der Waals surface area (Å²) >= 11 is 0. The number of amides is 1. The first-order valence-corrected chi connectivity index (χ1v) is 15.5. The lowest BCUT2D eigenvalue weighted by atomic mass is 9.96. The number of carbonyl (C=O) groups is 3. The normalized spacial score (nSPS) is 15.7. The number of methoxy groups -OCH3 is 2. The van der Waals surface area contributed by atoms with Crippen LogP contribution in [0.15, 0.2) is 63.7 Å². The maximum absolute atomic E-state index is 12.7. The predicted octanol–water partition coefficient (Wildman–Crippen LogP) is 5.31. The van der Waals surface area contributed by atoms with Gasteiger partial charge in [-0.25, -0.2) is 0 Å². The zero-order valence-corrected chi connectivity index (χ0v) is 28.2. The Kier molecular flexibility index (Phi) is 22.3. The molecule has 0 aromatic heterocycles. The van der Waals surface area contributed by atoms with Crippen LogP contribution in [0.2, 0.25) is 0 Å². The Hall–Kier alpha value is -3.47. The Morgan fingerprint density at radius 2 is 1.76 bits per heavy atom. The van der Waals surface area contributed by atoms with Gasteiger partial charge in [0.15, 0.2) is 12.5 Å². The Balaban J connectivity index is 0. The van der Waals surface area contributed by atoms with E-state index < -0.39 is 50.1 Å². The van der Waals surface area contributed by atoms with Gasteiger partial charge in [0.25, 0.3) is 5.91 Å². The lowest BCUT2D eigenvalue weighted by Gasteiger charge is -2.19. The van der Waals surface area contributed by atoms with Crippen LogP contribution in [-0.4, -0.2) is 70.7 Å². The molecule has 0 bridgehead atoms. The molecule has 262 valence electrons. The van der Waals surface area contributed by atoms with Crippen LogP contribution in [0.3, 0.4) is 0 Å². The fourth-order valence-corrected chi connectivity index (χ4v) is 4.29. The first-order chi connectivity index (χ1) is 21.5. The number of ether oxygens (including phenoxy) is 2. The zero-order chi connectivity index (χ0) is 36.1. The topological polar surface area (TPSA) is 175 Å². The molecule has 0 fully saturated rings. The van der Waals surface area contributed by atoms with Crippen molar-refractivity contribution in [1.29, 1.82) is 0 Å². The second-order valence-corrected chi connectivity index (χ2v) is 11.2. The molecule has 1 unspecified atom stereocenters. The van der Waals surface area contributed by atoms with E-state index in [0.717, 1.165) is 32.8 Å². The van der Waals surface area contributed by atoms with E-state index in [2.05, 4.69) is 46.3 Å². The number of nitrogens with zero attached hydrogens (tertiary/aromatic N) is 1. The minimum Gasteiger partial charge on any atom is -0.400 e. The van der Waals surface area contributed by atoms with E-state index in [-0.39, 0.29) is 24.8 Å². The minimum atomic E-state index is -6.16. The second-order valence-electron chi connectivity index (χ2n) is 9.71. The summed E-state index contributed by atoms with van der Waals surface area (Å²) in [5, 5.41) is 11.6. The Bertz CT molecular complexity index is 1280. The van der Waals surface area contributed by atoms with Crippen molar-refractivity contribution in [3.05, 3.63) is 63.5 Å². The number of allylic oxidation sites excluding steroid dienone is 7. The van der Waals surface area contributed by atoms with Crippen LogP contribution >= 0.6 is 0 Å². The van der Waals surface area contributed by atoms with Crippen molar-refractivity contribution in [3.8, 4) is 0 Å². The summed E-state index contributed by atoms with van der Waals surface area (Å²) < 4.78 is 74.2. The highest BCUT2D eigenvalue weighted by Crippen LogP contribution is 2.30. The van der Waals surface area contributed by atoms with Gasteiger partial charge in [-0.1, -0.05) is 50.6 Å². The number of hydrogen-bond donors (Lipinski definition) is 2. The van der Waals surface area contributed by atoms with E-state index in [9.17, 15) is 36.0 Å². The molecule has 0 saturated carbocycles. The first kappa shape index (κ1) is 44.7. The van der Waals surface area contributed by atoms with E-state index in [1.54, 1.807) is 13.2 Å². The van der Waals surface area contributed by atoms with Gasteiger partial charge >= 0.3 is 15.6 Å². The molecule has 1 amide bonds. The lowest BCUT2D eigenvalue weighted by Crippen LogP contribution is -2.34. The highest BCUT2D eigenvalue weighted by Gasteiger charge is 2.50. The largest absolute Gasteiger partial charge is 0.534 e. The number of halogens is 3. The number of nitroso groups, excluding NO2 is 1. The minimum absolute atomic E-state index is 0.0417. The van der Waals surface area contributed by atoms with Crippen molar-refractivity contribution < 1.29 is 54.7 Å². The van der Waals surface area contributed by atoms with Gasteiger partial charge in [0.05, 0.1) is 11.8 Å². The Morgan fingerprint density at radius 3 is 2.22 bits per heavy atom. The number of nitrogens with one attached hydrogen (secondary N) is 1. The Labute approximate surface area is 268 Å². The molecule has 0 heterocycles. The van der Waals surface area contributed by atoms with Crippen LogP contribution < -0.4 is 5.32 Å². The summed E-state index contributed by atoms with van der Waals surface area (Å²) in [5.41, 5.74) is -5.45. The molecule has 0 radical (unpaired) electrons. The molecule has 0 saturated heterocycles. The van der Waals surface area contributed by atoms with E-state index in [1.165, 1.54) is 32.6 Å². The highest BCUT2D eigenvalue weighted by molar-refractivity contribution is 7.87. The average molecular weight is 683 g/mol. The third-order valence-corrected chi connectivity index (χ3v) is 7.04. The average Bonchev–Trinajstić information content (AvgIpc) is 2.99. The third-order valence-electron chi connectivity index (χ3n) is 6.09. The molecule has 1 rings (SSSR count). The molecule has 0 aromatic carbocycles. The molecule has 1 aliphatic carbocycles. The molecule has 2 N–H and O–H groups in total. The molecule has 1 aliphatic rings. The lowest BCUT2D eigenvalue weighted by molar-refractivity contribution is -0.120. The summed E-state index contributed by atoms with van der Waals surface area (Å²) in [5.74, 6) is -3.89. The molecule has 0 spiro atoms. The van der Waals surface area contributed by atoms with Crippen molar-refractivity contribution >= 4 is 27.6 Å². The zero-order valence-electron chi connectivity index (χ0n) is 27.4. The quantitative estimate of drug-likeness (QED) is 0.0413. The molecule has 0 aliphatic heterocycles. The number of rotatable bonds is 16. The van der Waals surface area contributed by atoms with Crippen molar-refractivity contribution in [2.24, 2.45) is 11.1 Å². The monoisotopic (exact) mass is 682 g/mol. The van der Waals surface area contributed by atoms with Crippen molar-refractivity contribution in [2.45, 2.75) is 78.3 Å². The Morgan fingerprint density at radius 1 is 1.15 bits per heavy atom. The summed E-state index contributed by atoms with van der Waals surface area (Å²) in [6.45, 7) is 9.04. The van der Waals surface area contributed by atoms with Gasteiger partial charge in [-0.2, -0.15) is 21.6 Å². The van der Waals surface area contributed by atoms with Crippen LogP contribution in [-0.2, 0) is 38.2 Å². The van der Waals surface area contributed by atoms with Crippen molar-refractivity contribution in [3.63, 3.8) is 0 Å². The SMILES string of the molecule is CCC1=C(OS(=O)(=O)C(F)(F)F)C(=O)C=C(NC(=O)/C(C)=C/C=C\CC/C(C)=C/[C@H](C)CC(CC)OC)C1=O.CO.COCN=O. The van der Waals surface area contributed by atoms with E-state index in [1.807, 2.05) is 6.08 Å². The van der Waals surface area contributed by atoms with E-state index in [0.29, 0.717) is 12.0 Å². The van der Waals surface area contributed by atoms with Crippen molar-refractivity contribution in [1.82, 2.24) is 5.32 Å². The molecular weight excluding hydrogens is 637 g/mol. The van der Waals surface area contributed by atoms with Crippen LogP contribution in [0.5, 0.6) is 0 Å². The number of ketones is 2. The maximum Gasteiger partial charge on any atom is 0.534 e. The standard InChI is InChI=1S/C27H36F3NO7S.C2H5NO2.CH4O/c1-7-20(37-6)15-18(4)14-17(3)12-10-9-11-13-19(5)26(34)31-22-16-23(32)25(21(8-2)24(22)33)38-39(35,36)27(28,29)30;1-5-2-3-4;1-2/h9,11,13-14,16,18,20H,7-8,10,12,15H2,1-6H3,(H,31,34);2H2,1H3;2H,1H3/b11-9-,17-14+,19-13+;;/t18-,20?;;/m0../s1. The van der Waals surface area contributed by atoms with Gasteiger partial charge in [0.1, 0.15) is 0 Å². The van der Waals surface area contributed by atoms with Crippen LogP contribution in [0.1, 0.15) is 66.7 Å². The highest BCUT2D eigenvalue weighted by atomic mass is 32.2. The van der Waals surface area contributed by atoms with E-state index in [4.69, 9.17) is 14.8 Å². The number of carbonyl (C=O) groups excluding carboxylic acids is 3. The molecule has 16 heteroatoms. The number of hydrogen-bond acceptors (Lipinski definition) is 11. The number of aliphatic hydroxyl groups excluding tert-OH is 1. The predicted molar refractivity (Wildman–Crippen MR) is 166 cm³/mol. The van der Waals surface area contributed by atoms with Gasteiger partial charge in [-0.15, -0.1) is 4.91 Å².